The minimum absolute atomic E-state index is 0.0838. The van der Waals surface area contributed by atoms with E-state index in [-0.39, 0.29) is 44.3 Å². The van der Waals surface area contributed by atoms with Gasteiger partial charge in [0.1, 0.15) is 5.82 Å². The maximum Gasteiger partial charge on any atom is 0.310 e. The van der Waals surface area contributed by atoms with E-state index in [0.717, 1.165) is 0 Å². The number of rotatable bonds is 7. The molecule has 0 aromatic heterocycles. The Kier molecular flexibility index (Phi) is 7.17. The molecule has 2 aromatic carbocycles. The molecule has 0 aliphatic carbocycles. The summed E-state index contributed by atoms with van der Waals surface area (Å²) in [5.41, 5.74) is 1.17. The van der Waals surface area contributed by atoms with E-state index in [0.29, 0.717) is 11.1 Å². The fraction of sp³-hybridized carbons (Fsp3) is 0.333. The maximum absolute atomic E-state index is 13.2. The molecule has 0 unspecified atom stereocenters. The molecule has 7 nitrogen and oxygen atoms in total. The number of carbonyl (C=O) groups excluding carboxylic acids is 2. The van der Waals surface area contributed by atoms with Crippen molar-refractivity contribution in [3.8, 4) is 0 Å². The zero-order valence-corrected chi connectivity index (χ0v) is 17.2. The molecule has 1 saturated heterocycles. The molecule has 160 valence electrons. The topological polar surface area (TPSA) is 84.0 Å². The van der Waals surface area contributed by atoms with Crippen molar-refractivity contribution < 1.29 is 27.1 Å². The van der Waals surface area contributed by atoms with Crippen LogP contribution < -0.4 is 0 Å². The van der Waals surface area contributed by atoms with Gasteiger partial charge in [0.05, 0.1) is 12.2 Å². The maximum atomic E-state index is 13.2. The first kappa shape index (κ1) is 21.9. The van der Waals surface area contributed by atoms with E-state index in [2.05, 4.69) is 0 Å². The van der Waals surface area contributed by atoms with Crippen LogP contribution in [0.4, 0.5) is 4.39 Å². The van der Waals surface area contributed by atoms with Crippen LogP contribution in [0.5, 0.6) is 0 Å². The number of carbonyl (C=O) groups is 2. The second-order valence-electron chi connectivity index (χ2n) is 6.99. The molecule has 9 heteroatoms. The number of amides is 1. The third-order valence-corrected chi connectivity index (χ3v) is 6.62. The predicted octanol–water partition coefficient (Wildman–Crippen LogP) is 1.59. The molecular weight excluding hydrogens is 411 g/mol. The lowest BCUT2D eigenvalue weighted by molar-refractivity contribution is -0.152. The number of piperazine rings is 1. The van der Waals surface area contributed by atoms with Crippen molar-refractivity contribution in [2.75, 3.05) is 32.8 Å². The standard InChI is InChI=1S/C21H23FN2O5S/c22-19-8-4-7-18(13-19)14-21(26)29-15-20(25)23-9-11-24(12-10-23)30(27,28)16-17-5-2-1-3-6-17/h1-8,13H,9-12,14-16H2. The molecule has 1 aliphatic heterocycles. The second kappa shape index (κ2) is 9.82. The number of hydrogen-bond acceptors (Lipinski definition) is 5. The summed E-state index contributed by atoms with van der Waals surface area (Å²) in [6.45, 7) is 0.420. The summed E-state index contributed by atoms with van der Waals surface area (Å²) in [5.74, 6) is -1.54. The van der Waals surface area contributed by atoms with Gasteiger partial charge in [-0.2, -0.15) is 4.31 Å². The first-order chi connectivity index (χ1) is 14.3. The van der Waals surface area contributed by atoms with Gasteiger partial charge in [0.25, 0.3) is 5.91 Å². The van der Waals surface area contributed by atoms with E-state index in [4.69, 9.17) is 4.74 Å². The smallest absolute Gasteiger partial charge is 0.310 e. The molecule has 0 saturated carbocycles. The molecule has 1 fully saturated rings. The fourth-order valence-electron chi connectivity index (χ4n) is 3.19. The van der Waals surface area contributed by atoms with Gasteiger partial charge in [0.2, 0.25) is 10.0 Å². The first-order valence-electron chi connectivity index (χ1n) is 9.53. The highest BCUT2D eigenvalue weighted by atomic mass is 32.2. The van der Waals surface area contributed by atoms with Crippen molar-refractivity contribution >= 4 is 21.9 Å². The van der Waals surface area contributed by atoms with Crippen molar-refractivity contribution in [3.63, 3.8) is 0 Å². The first-order valence-corrected chi connectivity index (χ1v) is 11.1. The molecule has 0 bridgehead atoms. The van der Waals surface area contributed by atoms with Gasteiger partial charge in [-0.25, -0.2) is 12.8 Å². The van der Waals surface area contributed by atoms with Gasteiger partial charge in [0, 0.05) is 26.2 Å². The minimum atomic E-state index is -3.47. The van der Waals surface area contributed by atoms with E-state index in [1.807, 2.05) is 6.07 Å². The molecule has 0 N–H and O–H groups in total. The molecule has 1 aliphatic rings. The summed E-state index contributed by atoms with van der Waals surface area (Å²) in [4.78, 5) is 25.6. The largest absolute Gasteiger partial charge is 0.455 e. The van der Waals surface area contributed by atoms with Crippen LogP contribution in [-0.4, -0.2) is 62.3 Å². The molecule has 3 rings (SSSR count). The van der Waals surface area contributed by atoms with Gasteiger partial charge in [0.15, 0.2) is 6.61 Å². The lowest BCUT2D eigenvalue weighted by Crippen LogP contribution is -2.51. The molecule has 1 heterocycles. The lowest BCUT2D eigenvalue weighted by atomic mass is 10.1. The zero-order valence-electron chi connectivity index (χ0n) is 16.4. The van der Waals surface area contributed by atoms with Gasteiger partial charge in [-0.15, -0.1) is 0 Å². The summed E-state index contributed by atoms with van der Waals surface area (Å²) < 4.78 is 44.7. The summed E-state index contributed by atoms with van der Waals surface area (Å²) in [7, 11) is -3.47. The Labute approximate surface area is 175 Å². The van der Waals surface area contributed by atoms with Crippen LogP contribution in [0, 0.1) is 5.82 Å². The summed E-state index contributed by atoms with van der Waals surface area (Å²) in [6, 6.07) is 14.5. The van der Waals surface area contributed by atoms with Crippen molar-refractivity contribution in [1.29, 1.82) is 0 Å². The molecule has 2 aromatic rings. The Bertz CT molecular complexity index is 989. The number of benzene rings is 2. The normalized spacial score (nSPS) is 15.0. The van der Waals surface area contributed by atoms with Crippen LogP contribution in [0.2, 0.25) is 0 Å². The molecule has 1 amide bonds. The molecule has 0 spiro atoms. The molecule has 0 atom stereocenters. The van der Waals surface area contributed by atoms with Crippen molar-refractivity contribution in [2.45, 2.75) is 12.2 Å². The monoisotopic (exact) mass is 434 g/mol. The predicted molar refractivity (Wildman–Crippen MR) is 108 cm³/mol. The number of halogens is 1. The van der Waals surface area contributed by atoms with Gasteiger partial charge in [-0.3, -0.25) is 9.59 Å². The van der Waals surface area contributed by atoms with Gasteiger partial charge >= 0.3 is 5.97 Å². The number of sulfonamides is 1. The van der Waals surface area contributed by atoms with E-state index >= 15 is 0 Å². The van der Waals surface area contributed by atoms with Crippen molar-refractivity contribution in [2.24, 2.45) is 0 Å². The number of ether oxygens (including phenoxy) is 1. The van der Waals surface area contributed by atoms with Crippen LogP contribution in [0.15, 0.2) is 54.6 Å². The van der Waals surface area contributed by atoms with Crippen molar-refractivity contribution in [3.05, 3.63) is 71.5 Å². The Hall–Kier alpha value is -2.78. The zero-order chi connectivity index (χ0) is 21.6. The summed E-state index contributed by atoms with van der Waals surface area (Å²) in [5, 5.41) is 0. The lowest BCUT2D eigenvalue weighted by Gasteiger charge is -2.33. The average molecular weight is 434 g/mol. The molecular formula is C21H23FN2O5S. The fourth-order valence-corrected chi connectivity index (χ4v) is 4.71. The highest BCUT2D eigenvalue weighted by Gasteiger charge is 2.29. The third kappa shape index (κ3) is 6.11. The van der Waals surface area contributed by atoms with Crippen LogP contribution in [-0.2, 0) is 36.5 Å². The quantitative estimate of drug-likeness (QED) is 0.618. The highest BCUT2D eigenvalue weighted by molar-refractivity contribution is 7.88. The van der Waals surface area contributed by atoms with E-state index in [1.165, 1.54) is 27.4 Å². The number of hydrogen-bond donors (Lipinski definition) is 0. The van der Waals surface area contributed by atoms with Crippen molar-refractivity contribution in [1.82, 2.24) is 9.21 Å². The number of esters is 1. The van der Waals surface area contributed by atoms with Gasteiger partial charge in [-0.05, 0) is 23.3 Å². The summed E-state index contributed by atoms with van der Waals surface area (Å²) in [6.07, 6.45) is -0.128. The summed E-state index contributed by atoms with van der Waals surface area (Å²) >= 11 is 0. The van der Waals surface area contributed by atoms with Crippen LogP contribution >= 0.6 is 0 Å². The van der Waals surface area contributed by atoms with Crippen LogP contribution in [0.25, 0.3) is 0 Å². The van der Waals surface area contributed by atoms with E-state index in [9.17, 15) is 22.4 Å². The third-order valence-electron chi connectivity index (χ3n) is 4.77. The Morgan fingerprint density at radius 2 is 1.60 bits per heavy atom. The number of nitrogens with zero attached hydrogens (tertiary/aromatic N) is 2. The molecule has 30 heavy (non-hydrogen) atoms. The van der Waals surface area contributed by atoms with Crippen LogP contribution in [0.1, 0.15) is 11.1 Å². The Morgan fingerprint density at radius 1 is 0.933 bits per heavy atom. The Balaban J connectivity index is 1.44. The second-order valence-corrected chi connectivity index (χ2v) is 8.96. The van der Waals surface area contributed by atoms with E-state index in [1.54, 1.807) is 30.3 Å². The minimum Gasteiger partial charge on any atom is -0.455 e. The SMILES string of the molecule is O=C(Cc1cccc(F)c1)OCC(=O)N1CCN(S(=O)(=O)Cc2ccccc2)CC1. The van der Waals surface area contributed by atoms with Gasteiger partial charge in [-0.1, -0.05) is 42.5 Å². The van der Waals surface area contributed by atoms with Crippen LogP contribution in [0.3, 0.4) is 0 Å². The van der Waals surface area contributed by atoms with E-state index < -0.39 is 28.4 Å². The highest BCUT2D eigenvalue weighted by Crippen LogP contribution is 2.14. The van der Waals surface area contributed by atoms with Gasteiger partial charge < -0.3 is 9.64 Å². The molecule has 0 radical (unpaired) electrons. The Morgan fingerprint density at radius 3 is 2.27 bits per heavy atom. The average Bonchev–Trinajstić information content (AvgIpc) is 2.72.